The molecule has 0 atom stereocenters. The fourth-order valence-electron chi connectivity index (χ4n) is 4.91. The second-order valence-electron chi connectivity index (χ2n) is 8.43. The van der Waals surface area contributed by atoms with Gasteiger partial charge in [0.2, 0.25) is 0 Å². The molecule has 6 heteroatoms. The second-order valence-corrected chi connectivity index (χ2v) is 8.43. The van der Waals surface area contributed by atoms with Gasteiger partial charge in [0.15, 0.2) is 11.6 Å². The Labute approximate surface area is 181 Å². The lowest BCUT2D eigenvalue weighted by atomic mass is 9.94. The molecule has 0 bridgehead atoms. The van der Waals surface area contributed by atoms with Gasteiger partial charge in [-0.3, -0.25) is 4.79 Å². The molecular formula is C25H26FN3O2. The molecule has 2 aliphatic rings. The fourth-order valence-corrected chi connectivity index (χ4v) is 4.91. The number of methoxy groups -OCH3 is 1. The summed E-state index contributed by atoms with van der Waals surface area (Å²) in [7, 11) is 1.49. The lowest BCUT2D eigenvalue weighted by Gasteiger charge is -2.30. The van der Waals surface area contributed by atoms with Crippen molar-refractivity contribution in [3.05, 3.63) is 76.9 Å². The molecule has 5 nitrogen and oxygen atoms in total. The summed E-state index contributed by atoms with van der Waals surface area (Å²) in [6.45, 7) is 0.347. The smallest absolute Gasteiger partial charge is 0.254 e. The van der Waals surface area contributed by atoms with Gasteiger partial charge in [-0.05, 0) is 42.7 Å². The highest BCUT2D eigenvalue weighted by Gasteiger charge is 2.37. The first-order chi connectivity index (χ1) is 15.2. The van der Waals surface area contributed by atoms with E-state index in [4.69, 9.17) is 4.74 Å². The van der Waals surface area contributed by atoms with Crippen LogP contribution in [0.4, 0.5) is 4.39 Å². The molecule has 2 heterocycles. The van der Waals surface area contributed by atoms with Gasteiger partial charge in [0.1, 0.15) is 0 Å². The highest BCUT2D eigenvalue weighted by molar-refractivity contribution is 5.99. The van der Waals surface area contributed by atoms with E-state index in [0.29, 0.717) is 29.7 Å². The molecule has 0 radical (unpaired) electrons. The van der Waals surface area contributed by atoms with E-state index in [-0.39, 0.29) is 17.7 Å². The third kappa shape index (κ3) is 3.60. The number of carbonyl (C=O) groups is 1. The van der Waals surface area contributed by atoms with Crippen molar-refractivity contribution in [2.24, 2.45) is 0 Å². The van der Waals surface area contributed by atoms with Crippen molar-refractivity contribution in [3.63, 3.8) is 0 Å². The second kappa shape index (κ2) is 8.17. The zero-order valence-electron chi connectivity index (χ0n) is 17.7. The summed E-state index contributed by atoms with van der Waals surface area (Å²) >= 11 is 0. The molecule has 1 fully saturated rings. The maximum absolute atomic E-state index is 15.4. The number of nitrogens with zero attached hydrogens (tertiary/aromatic N) is 3. The standard InChI is InChI=1S/C25H26FN3O2/c1-31-24-18(14-17-8-10-20(11-9-17)29-13-5-12-27-29)15-21-22(23(24)26)16-28(25(21)30)19-6-3-2-4-7-19/h5,8-13,15,19H,2-4,6-7,14,16H2,1H3. The summed E-state index contributed by atoms with van der Waals surface area (Å²) in [5, 5.41) is 4.24. The normalized spacial score (nSPS) is 16.6. The number of hydrogen-bond donors (Lipinski definition) is 0. The van der Waals surface area contributed by atoms with Crippen LogP contribution in [0.2, 0.25) is 0 Å². The summed E-state index contributed by atoms with van der Waals surface area (Å²) in [6.07, 6.45) is 9.62. The van der Waals surface area contributed by atoms with Crippen LogP contribution in [0.3, 0.4) is 0 Å². The Morgan fingerprint density at radius 1 is 1.16 bits per heavy atom. The van der Waals surface area contributed by atoms with Crippen molar-refractivity contribution in [3.8, 4) is 11.4 Å². The minimum atomic E-state index is -0.394. The predicted molar refractivity (Wildman–Crippen MR) is 116 cm³/mol. The number of aromatic nitrogens is 2. The molecule has 2 aromatic carbocycles. The molecule has 1 amide bonds. The molecule has 0 unspecified atom stereocenters. The van der Waals surface area contributed by atoms with Crippen LogP contribution in [-0.2, 0) is 13.0 Å². The molecule has 3 aromatic rings. The lowest BCUT2D eigenvalue weighted by molar-refractivity contribution is 0.0659. The number of fused-ring (bicyclic) bond motifs is 1. The Morgan fingerprint density at radius 3 is 2.61 bits per heavy atom. The van der Waals surface area contributed by atoms with Gasteiger partial charge >= 0.3 is 0 Å². The van der Waals surface area contributed by atoms with Crippen LogP contribution in [0.5, 0.6) is 5.75 Å². The van der Waals surface area contributed by atoms with E-state index < -0.39 is 5.82 Å². The first kappa shape index (κ1) is 19.8. The first-order valence-corrected chi connectivity index (χ1v) is 10.9. The van der Waals surface area contributed by atoms with E-state index in [1.807, 2.05) is 47.5 Å². The van der Waals surface area contributed by atoms with Crippen LogP contribution >= 0.6 is 0 Å². The summed E-state index contributed by atoms with van der Waals surface area (Å²) in [5.41, 5.74) is 3.64. The van der Waals surface area contributed by atoms with Crippen molar-refractivity contribution >= 4 is 5.91 Å². The van der Waals surface area contributed by atoms with E-state index in [2.05, 4.69) is 5.10 Å². The number of amides is 1. The summed E-state index contributed by atoms with van der Waals surface area (Å²) in [6, 6.07) is 11.9. The van der Waals surface area contributed by atoms with E-state index in [1.165, 1.54) is 13.5 Å². The highest BCUT2D eigenvalue weighted by atomic mass is 19.1. The van der Waals surface area contributed by atoms with Crippen molar-refractivity contribution in [1.82, 2.24) is 14.7 Å². The van der Waals surface area contributed by atoms with Crippen molar-refractivity contribution < 1.29 is 13.9 Å². The molecule has 160 valence electrons. The average molecular weight is 420 g/mol. The number of benzene rings is 2. The Morgan fingerprint density at radius 2 is 1.94 bits per heavy atom. The zero-order valence-corrected chi connectivity index (χ0v) is 17.7. The van der Waals surface area contributed by atoms with Crippen LogP contribution in [0.15, 0.2) is 48.8 Å². The van der Waals surface area contributed by atoms with Gasteiger partial charge in [0, 0.05) is 41.5 Å². The monoisotopic (exact) mass is 419 g/mol. The van der Waals surface area contributed by atoms with Crippen molar-refractivity contribution in [2.75, 3.05) is 7.11 Å². The van der Waals surface area contributed by atoms with Gasteiger partial charge in [-0.25, -0.2) is 9.07 Å². The number of rotatable bonds is 5. The Balaban J connectivity index is 1.43. The van der Waals surface area contributed by atoms with E-state index in [0.717, 1.165) is 36.9 Å². The molecule has 0 N–H and O–H groups in total. The Bertz CT molecular complexity index is 1090. The van der Waals surface area contributed by atoms with Crippen molar-refractivity contribution in [2.45, 2.75) is 51.1 Å². The van der Waals surface area contributed by atoms with E-state index in [9.17, 15) is 4.79 Å². The van der Waals surface area contributed by atoms with E-state index in [1.54, 1.807) is 10.9 Å². The van der Waals surface area contributed by atoms with Crippen LogP contribution in [0.25, 0.3) is 5.69 Å². The van der Waals surface area contributed by atoms with Gasteiger partial charge in [-0.15, -0.1) is 0 Å². The quantitative estimate of drug-likeness (QED) is 0.591. The van der Waals surface area contributed by atoms with Crippen molar-refractivity contribution in [1.29, 1.82) is 0 Å². The number of halogens is 1. The number of carbonyl (C=O) groups excluding carboxylic acids is 1. The molecule has 31 heavy (non-hydrogen) atoms. The van der Waals surface area contributed by atoms with Gasteiger partial charge < -0.3 is 9.64 Å². The van der Waals surface area contributed by atoms with Gasteiger partial charge in [0.05, 0.1) is 19.3 Å². The number of hydrogen-bond acceptors (Lipinski definition) is 3. The SMILES string of the molecule is COc1c(Cc2ccc(-n3cccn3)cc2)cc2c(c1F)CN(C1CCCCC1)C2=O. The van der Waals surface area contributed by atoms with Crippen LogP contribution in [0, 0.1) is 5.82 Å². The molecule has 0 saturated heterocycles. The average Bonchev–Trinajstić information content (AvgIpc) is 3.44. The third-order valence-electron chi connectivity index (χ3n) is 6.54. The molecule has 0 spiro atoms. The Kier molecular flexibility index (Phi) is 5.22. The third-order valence-corrected chi connectivity index (χ3v) is 6.54. The predicted octanol–water partition coefficient (Wildman–Crippen LogP) is 4.90. The molecule has 1 aliphatic heterocycles. The van der Waals surface area contributed by atoms with Gasteiger partial charge in [0.25, 0.3) is 5.91 Å². The molecule has 1 aliphatic carbocycles. The fraction of sp³-hybridized carbons (Fsp3) is 0.360. The Hall–Kier alpha value is -3.15. The molecular weight excluding hydrogens is 393 g/mol. The summed E-state index contributed by atoms with van der Waals surface area (Å²) < 4.78 is 22.6. The molecule has 5 rings (SSSR count). The lowest BCUT2D eigenvalue weighted by Crippen LogP contribution is -2.36. The van der Waals surface area contributed by atoms with Gasteiger partial charge in [-0.2, -0.15) is 5.10 Å². The van der Waals surface area contributed by atoms with E-state index >= 15 is 4.39 Å². The highest BCUT2D eigenvalue weighted by Crippen LogP contribution is 2.38. The van der Waals surface area contributed by atoms with Gasteiger partial charge in [-0.1, -0.05) is 31.4 Å². The van der Waals surface area contributed by atoms with Crippen LogP contribution in [-0.4, -0.2) is 33.7 Å². The summed E-state index contributed by atoms with van der Waals surface area (Å²) in [5.74, 6) is -0.193. The number of ether oxygens (including phenoxy) is 1. The first-order valence-electron chi connectivity index (χ1n) is 10.9. The van der Waals surface area contributed by atoms with Crippen LogP contribution < -0.4 is 4.74 Å². The topological polar surface area (TPSA) is 47.4 Å². The minimum absolute atomic E-state index is 0.0428. The van der Waals surface area contributed by atoms with Crippen LogP contribution in [0.1, 0.15) is 59.2 Å². The molecule has 1 saturated carbocycles. The zero-order chi connectivity index (χ0) is 21.4. The maximum atomic E-state index is 15.4. The minimum Gasteiger partial charge on any atom is -0.493 e. The maximum Gasteiger partial charge on any atom is 0.254 e. The summed E-state index contributed by atoms with van der Waals surface area (Å²) in [4.78, 5) is 15.0. The largest absolute Gasteiger partial charge is 0.493 e. The molecule has 1 aromatic heterocycles.